The summed E-state index contributed by atoms with van der Waals surface area (Å²) in [5, 5.41) is 0. The minimum atomic E-state index is -0.319. The Bertz CT molecular complexity index is 500. The molecule has 1 amide bonds. The van der Waals surface area contributed by atoms with Crippen molar-refractivity contribution in [2.75, 3.05) is 6.54 Å². The molecule has 0 N–H and O–H groups in total. The van der Waals surface area contributed by atoms with E-state index in [1.54, 1.807) is 17.0 Å². The molecule has 1 saturated heterocycles. The molecule has 2 fully saturated rings. The molecule has 1 aromatic carbocycles. The standard InChI is InChI=1S/C16H19NO3/c18-15-10-11-17(14-9-5-4-8-13(14)15)16(19)20-12-6-2-1-3-7-12/h1-3,6-7,13-14H,4-5,8-11H2. The molecule has 1 aliphatic heterocycles. The van der Waals surface area contributed by atoms with E-state index in [0.29, 0.717) is 24.5 Å². The van der Waals surface area contributed by atoms with Crippen molar-refractivity contribution in [2.24, 2.45) is 5.92 Å². The fourth-order valence-corrected chi connectivity index (χ4v) is 3.32. The monoisotopic (exact) mass is 273 g/mol. The smallest absolute Gasteiger partial charge is 0.410 e. The molecule has 0 radical (unpaired) electrons. The van der Waals surface area contributed by atoms with Gasteiger partial charge in [-0.05, 0) is 25.0 Å². The maximum Gasteiger partial charge on any atom is 0.415 e. The number of carbonyl (C=O) groups is 2. The van der Waals surface area contributed by atoms with Gasteiger partial charge in [0.05, 0.1) is 0 Å². The second-order valence-electron chi connectivity index (χ2n) is 5.55. The molecule has 2 atom stereocenters. The molecule has 3 rings (SSSR count). The van der Waals surface area contributed by atoms with Crippen LogP contribution in [0.4, 0.5) is 4.79 Å². The van der Waals surface area contributed by atoms with Gasteiger partial charge in [0.2, 0.25) is 0 Å². The number of benzene rings is 1. The van der Waals surface area contributed by atoms with Gasteiger partial charge in [-0.3, -0.25) is 4.79 Å². The highest BCUT2D eigenvalue weighted by Crippen LogP contribution is 2.33. The van der Waals surface area contributed by atoms with Gasteiger partial charge in [0.15, 0.2) is 0 Å². The van der Waals surface area contributed by atoms with E-state index in [2.05, 4.69) is 0 Å². The van der Waals surface area contributed by atoms with Crippen molar-refractivity contribution in [3.05, 3.63) is 30.3 Å². The van der Waals surface area contributed by atoms with Crippen molar-refractivity contribution in [3.63, 3.8) is 0 Å². The number of fused-ring (bicyclic) bond motifs is 1. The minimum absolute atomic E-state index is 0.0285. The molecule has 1 saturated carbocycles. The van der Waals surface area contributed by atoms with E-state index < -0.39 is 0 Å². The highest BCUT2D eigenvalue weighted by molar-refractivity contribution is 5.85. The molecule has 4 nitrogen and oxygen atoms in total. The molecule has 2 aliphatic rings. The van der Waals surface area contributed by atoms with Gasteiger partial charge in [-0.2, -0.15) is 0 Å². The predicted octanol–water partition coefficient (Wildman–Crippen LogP) is 3.02. The molecule has 4 heteroatoms. The maximum absolute atomic E-state index is 12.3. The molecule has 106 valence electrons. The second-order valence-corrected chi connectivity index (χ2v) is 5.55. The lowest BCUT2D eigenvalue weighted by Gasteiger charge is -2.42. The van der Waals surface area contributed by atoms with E-state index >= 15 is 0 Å². The van der Waals surface area contributed by atoms with Gasteiger partial charge in [0.1, 0.15) is 11.5 Å². The second kappa shape index (κ2) is 5.65. The Morgan fingerprint density at radius 3 is 2.70 bits per heavy atom. The molecule has 0 spiro atoms. The zero-order chi connectivity index (χ0) is 13.9. The van der Waals surface area contributed by atoms with Crippen LogP contribution in [0.1, 0.15) is 32.1 Å². The van der Waals surface area contributed by atoms with Crippen molar-refractivity contribution >= 4 is 11.9 Å². The fourth-order valence-electron chi connectivity index (χ4n) is 3.32. The molecular weight excluding hydrogens is 254 g/mol. The number of ketones is 1. The molecule has 0 bridgehead atoms. The van der Waals surface area contributed by atoms with Crippen molar-refractivity contribution in [1.82, 2.24) is 4.90 Å². The first-order valence-corrected chi connectivity index (χ1v) is 7.32. The number of ether oxygens (including phenoxy) is 1. The summed E-state index contributed by atoms with van der Waals surface area (Å²) < 4.78 is 5.41. The van der Waals surface area contributed by atoms with Crippen LogP contribution in [0.15, 0.2) is 30.3 Å². The maximum atomic E-state index is 12.3. The number of carbonyl (C=O) groups excluding carboxylic acids is 2. The predicted molar refractivity (Wildman–Crippen MR) is 74.5 cm³/mol. The number of rotatable bonds is 1. The number of hydrogen-bond donors (Lipinski definition) is 0. The Morgan fingerprint density at radius 2 is 1.90 bits per heavy atom. The van der Waals surface area contributed by atoms with Gasteiger partial charge in [-0.1, -0.05) is 31.0 Å². The average molecular weight is 273 g/mol. The molecule has 1 aliphatic carbocycles. The van der Waals surface area contributed by atoms with Crippen LogP contribution in [0, 0.1) is 5.92 Å². The summed E-state index contributed by atoms with van der Waals surface area (Å²) in [7, 11) is 0. The molecule has 2 unspecified atom stereocenters. The zero-order valence-corrected chi connectivity index (χ0v) is 11.5. The van der Waals surface area contributed by atoms with Crippen LogP contribution in [0.5, 0.6) is 5.75 Å². The average Bonchev–Trinajstić information content (AvgIpc) is 2.49. The van der Waals surface area contributed by atoms with Gasteiger partial charge in [0, 0.05) is 24.9 Å². The summed E-state index contributed by atoms with van der Waals surface area (Å²) >= 11 is 0. The summed E-state index contributed by atoms with van der Waals surface area (Å²) in [6.45, 7) is 0.492. The normalized spacial score (nSPS) is 26.0. The van der Waals surface area contributed by atoms with Crippen molar-refractivity contribution in [2.45, 2.75) is 38.1 Å². The molecule has 20 heavy (non-hydrogen) atoms. The Labute approximate surface area is 118 Å². The third-order valence-electron chi connectivity index (χ3n) is 4.33. The van der Waals surface area contributed by atoms with Crippen LogP contribution in [0.3, 0.4) is 0 Å². The van der Waals surface area contributed by atoms with E-state index in [0.717, 1.165) is 25.7 Å². The lowest BCUT2D eigenvalue weighted by atomic mass is 9.78. The van der Waals surface area contributed by atoms with E-state index in [1.807, 2.05) is 18.2 Å². The molecular formula is C16H19NO3. The van der Waals surface area contributed by atoms with Crippen molar-refractivity contribution in [3.8, 4) is 5.75 Å². The Kier molecular flexibility index (Phi) is 3.72. The lowest BCUT2D eigenvalue weighted by molar-refractivity contribution is -0.129. The topological polar surface area (TPSA) is 46.6 Å². The minimum Gasteiger partial charge on any atom is -0.410 e. The summed E-state index contributed by atoms with van der Waals surface area (Å²) in [5.41, 5.74) is 0. The zero-order valence-electron chi connectivity index (χ0n) is 11.5. The third kappa shape index (κ3) is 2.55. The van der Waals surface area contributed by atoms with Crippen molar-refractivity contribution < 1.29 is 14.3 Å². The van der Waals surface area contributed by atoms with Gasteiger partial charge < -0.3 is 9.64 Å². The summed E-state index contributed by atoms with van der Waals surface area (Å²) in [6, 6.07) is 9.14. The molecule has 1 heterocycles. The SMILES string of the molecule is O=C1CCN(C(=O)Oc2ccccc2)C2CCCCC12. The van der Waals surface area contributed by atoms with Crippen LogP contribution >= 0.6 is 0 Å². The van der Waals surface area contributed by atoms with Gasteiger partial charge in [-0.25, -0.2) is 4.79 Å². The first kappa shape index (κ1) is 13.2. The Hall–Kier alpha value is -1.84. The summed E-state index contributed by atoms with van der Waals surface area (Å²) in [6.07, 6.45) is 4.16. The van der Waals surface area contributed by atoms with Crippen LogP contribution < -0.4 is 4.74 Å². The Morgan fingerprint density at radius 1 is 1.15 bits per heavy atom. The number of para-hydroxylation sites is 1. The van der Waals surface area contributed by atoms with Crippen LogP contribution in [0.2, 0.25) is 0 Å². The first-order valence-electron chi connectivity index (χ1n) is 7.32. The number of amides is 1. The van der Waals surface area contributed by atoms with Crippen LogP contribution in [-0.2, 0) is 4.79 Å². The number of likely N-dealkylation sites (tertiary alicyclic amines) is 1. The van der Waals surface area contributed by atoms with E-state index in [-0.39, 0.29) is 18.1 Å². The number of piperidine rings is 1. The van der Waals surface area contributed by atoms with Gasteiger partial charge >= 0.3 is 6.09 Å². The number of Topliss-reactive ketones (excluding diaryl/α,β-unsaturated/α-hetero) is 1. The van der Waals surface area contributed by atoms with E-state index in [4.69, 9.17) is 4.74 Å². The van der Waals surface area contributed by atoms with Gasteiger partial charge in [-0.15, -0.1) is 0 Å². The third-order valence-corrected chi connectivity index (χ3v) is 4.33. The van der Waals surface area contributed by atoms with Crippen LogP contribution in [0.25, 0.3) is 0 Å². The number of nitrogens with zero attached hydrogens (tertiary/aromatic N) is 1. The summed E-state index contributed by atoms with van der Waals surface area (Å²) in [4.78, 5) is 26.1. The quantitative estimate of drug-likeness (QED) is 0.790. The highest BCUT2D eigenvalue weighted by Gasteiger charge is 2.41. The van der Waals surface area contributed by atoms with E-state index in [1.165, 1.54) is 0 Å². The van der Waals surface area contributed by atoms with E-state index in [9.17, 15) is 9.59 Å². The van der Waals surface area contributed by atoms with Crippen molar-refractivity contribution in [1.29, 1.82) is 0 Å². The van der Waals surface area contributed by atoms with Gasteiger partial charge in [0.25, 0.3) is 0 Å². The van der Waals surface area contributed by atoms with Crippen LogP contribution in [-0.4, -0.2) is 29.4 Å². The fraction of sp³-hybridized carbons (Fsp3) is 0.500. The number of hydrogen-bond acceptors (Lipinski definition) is 3. The molecule has 0 aromatic heterocycles. The largest absolute Gasteiger partial charge is 0.415 e. The lowest BCUT2D eigenvalue weighted by Crippen LogP contribution is -2.54. The highest BCUT2D eigenvalue weighted by atomic mass is 16.6. The first-order chi connectivity index (χ1) is 9.75. The molecule has 1 aromatic rings. The summed E-state index contributed by atoms with van der Waals surface area (Å²) in [5.74, 6) is 0.904. The Balaban J connectivity index is 1.72.